The summed E-state index contributed by atoms with van der Waals surface area (Å²) in [6.45, 7) is 3.56. The number of phenols is 1. The molecule has 0 aromatic heterocycles. The van der Waals surface area contributed by atoms with Crippen molar-refractivity contribution in [2.24, 2.45) is 11.8 Å². The molecule has 18 heteroatoms. The van der Waals surface area contributed by atoms with Crippen LogP contribution in [0, 0.1) is 22.5 Å². The normalized spacial score (nSPS) is 13.8. The number of aliphatic carboxylic acids is 2. The molecule has 3 atom stereocenters. The van der Waals surface area contributed by atoms with Gasteiger partial charge in [0.05, 0.1) is 11.3 Å². The van der Waals surface area contributed by atoms with Crippen LogP contribution in [0.4, 0.5) is 23.2 Å². The monoisotopic (exact) mass is 993 g/mol. The number of ether oxygens (including phenoxy) is 2. The van der Waals surface area contributed by atoms with E-state index in [2.05, 4.69) is 5.32 Å². The molecular formula is C28H26F4I3NO10. The molecule has 0 fully saturated rings. The van der Waals surface area contributed by atoms with E-state index in [-0.39, 0.29) is 9.26 Å². The van der Waals surface area contributed by atoms with Gasteiger partial charge in [0, 0.05) is 23.0 Å². The zero-order valence-electron chi connectivity index (χ0n) is 24.0. The predicted molar refractivity (Wildman–Crippen MR) is 178 cm³/mol. The second kappa shape index (κ2) is 16.1. The van der Waals surface area contributed by atoms with E-state index < -0.39 is 95.4 Å². The van der Waals surface area contributed by atoms with E-state index in [1.54, 1.807) is 67.8 Å². The molecule has 252 valence electrons. The Hall–Kier alpha value is -2.50. The molecule has 2 rings (SSSR count). The minimum atomic E-state index is -4.60. The summed E-state index contributed by atoms with van der Waals surface area (Å²) in [5.41, 5.74) is -1.08. The zero-order chi connectivity index (χ0) is 35.3. The van der Waals surface area contributed by atoms with Crippen molar-refractivity contribution < 1.29 is 66.3 Å². The largest absolute Gasteiger partial charge is 0.507 e. The fraction of sp³-hybridized carbons (Fsp3) is 0.393. The van der Waals surface area contributed by atoms with E-state index in [0.717, 1.165) is 19.1 Å². The van der Waals surface area contributed by atoms with Crippen molar-refractivity contribution in [3.63, 3.8) is 0 Å². The van der Waals surface area contributed by atoms with Crippen molar-refractivity contribution in [3.05, 3.63) is 52.2 Å². The number of aromatic hydroxyl groups is 1. The van der Waals surface area contributed by atoms with Crippen molar-refractivity contribution >= 4 is 103 Å². The maximum atomic E-state index is 14.7. The molecule has 46 heavy (non-hydrogen) atoms. The number of alkyl halides is 4. The quantitative estimate of drug-likeness (QED) is 0.0941. The van der Waals surface area contributed by atoms with E-state index in [4.69, 9.17) is 19.7 Å². The van der Waals surface area contributed by atoms with Gasteiger partial charge in [-0.25, -0.2) is 19.2 Å². The highest BCUT2D eigenvalue weighted by atomic mass is 127. The van der Waals surface area contributed by atoms with Gasteiger partial charge in [-0.2, -0.15) is 17.6 Å². The lowest BCUT2D eigenvalue weighted by Crippen LogP contribution is -2.48. The highest BCUT2D eigenvalue weighted by Crippen LogP contribution is 2.34. The Morgan fingerprint density at radius 1 is 0.804 bits per heavy atom. The lowest BCUT2D eigenvalue weighted by molar-refractivity contribution is -0.188. The summed E-state index contributed by atoms with van der Waals surface area (Å²) in [4.78, 5) is 61.1. The summed E-state index contributed by atoms with van der Waals surface area (Å²) in [5, 5.41) is 30.4. The molecular weight excluding hydrogens is 967 g/mol. The number of amides is 1. The van der Waals surface area contributed by atoms with Crippen LogP contribution < -0.4 is 5.32 Å². The number of carbonyl (C=O) groups is 5. The topological polar surface area (TPSA) is 177 Å². The maximum Gasteiger partial charge on any atom is 0.378 e. The molecule has 0 bridgehead atoms. The molecule has 1 amide bonds. The van der Waals surface area contributed by atoms with Gasteiger partial charge in [0.25, 0.3) is 0 Å². The zero-order valence-corrected chi connectivity index (χ0v) is 30.4. The second-order valence-electron chi connectivity index (χ2n) is 10.3. The number of esters is 2. The molecule has 0 saturated carbocycles. The Labute approximate surface area is 300 Å². The summed E-state index contributed by atoms with van der Waals surface area (Å²) in [7, 11) is 0. The predicted octanol–water partition coefficient (Wildman–Crippen LogP) is 6.41. The third-order valence-corrected chi connectivity index (χ3v) is 8.56. The summed E-state index contributed by atoms with van der Waals surface area (Å²) < 4.78 is 69.0. The molecule has 0 aliphatic heterocycles. The summed E-state index contributed by atoms with van der Waals surface area (Å²) in [6, 6.07) is 6.38. The van der Waals surface area contributed by atoms with Gasteiger partial charge in [0.15, 0.2) is 12.2 Å². The first-order valence-corrected chi connectivity index (χ1v) is 16.3. The van der Waals surface area contributed by atoms with Gasteiger partial charge >= 0.3 is 35.7 Å². The van der Waals surface area contributed by atoms with Crippen LogP contribution >= 0.6 is 67.8 Å². The van der Waals surface area contributed by atoms with Crippen molar-refractivity contribution in [2.75, 3.05) is 5.32 Å². The fourth-order valence-electron chi connectivity index (χ4n) is 4.02. The summed E-state index contributed by atoms with van der Waals surface area (Å²) in [6.07, 6.45) is -5.97. The van der Waals surface area contributed by atoms with Crippen LogP contribution in [0.1, 0.15) is 54.3 Å². The first kappa shape index (κ1) is 39.7. The van der Waals surface area contributed by atoms with E-state index in [1.807, 2.05) is 0 Å². The Kier molecular flexibility index (Phi) is 13.9. The number of halogens is 7. The van der Waals surface area contributed by atoms with Gasteiger partial charge < -0.3 is 30.1 Å². The molecule has 4 N–H and O–H groups in total. The number of hydrogen-bond donors (Lipinski definition) is 4. The molecule has 0 radical (unpaired) electrons. The number of carbonyl (C=O) groups excluding carboxylic acids is 3. The van der Waals surface area contributed by atoms with Crippen LogP contribution in [0.15, 0.2) is 30.3 Å². The van der Waals surface area contributed by atoms with E-state index in [0.29, 0.717) is 7.14 Å². The molecule has 3 unspecified atom stereocenters. The highest BCUT2D eigenvalue weighted by Gasteiger charge is 2.53. The van der Waals surface area contributed by atoms with E-state index in [1.165, 1.54) is 32.0 Å². The SMILES string of the molecule is CC(C)C(OC(=O)c1cc(I)cc(I)c1NC(=O)CCC(C)C(OC(=O)c1cc(I)ccc1O)C(F)(F)C(=O)O)C(F)(F)C(=O)O. The Balaban J connectivity index is 2.30. The second-order valence-corrected chi connectivity index (χ2v) is 13.9. The molecule has 0 spiro atoms. The smallest absolute Gasteiger partial charge is 0.378 e. The van der Waals surface area contributed by atoms with Crippen LogP contribution in [0.25, 0.3) is 0 Å². The lowest BCUT2D eigenvalue weighted by atomic mass is 9.93. The molecule has 0 aliphatic rings. The van der Waals surface area contributed by atoms with Crippen LogP contribution in [0.5, 0.6) is 5.75 Å². The van der Waals surface area contributed by atoms with Crippen molar-refractivity contribution in [1.29, 1.82) is 0 Å². The number of rotatable bonds is 14. The first-order chi connectivity index (χ1) is 21.1. The minimum absolute atomic E-state index is 0.196. The molecule has 0 heterocycles. The Morgan fingerprint density at radius 3 is 1.85 bits per heavy atom. The van der Waals surface area contributed by atoms with Crippen molar-refractivity contribution in [3.8, 4) is 5.75 Å². The van der Waals surface area contributed by atoms with Gasteiger partial charge in [0.1, 0.15) is 11.3 Å². The van der Waals surface area contributed by atoms with E-state index in [9.17, 15) is 46.6 Å². The number of benzene rings is 2. The lowest BCUT2D eigenvalue weighted by Gasteiger charge is -2.28. The van der Waals surface area contributed by atoms with Crippen molar-refractivity contribution in [1.82, 2.24) is 0 Å². The Bertz CT molecular complexity index is 1520. The third-order valence-electron chi connectivity index (χ3n) is 6.42. The maximum absolute atomic E-state index is 14.7. The number of carboxylic acids is 2. The molecule has 0 saturated heterocycles. The van der Waals surface area contributed by atoms with Gasteiger partial charge in [-0.05, 0) is 110 Å². The number of carboxylic acid groups (broad SMARTS) is 2. The van der Waals surface area contributed by atoms with Crippen LogP contribution in [-0.4, -0.2) is 69.2 Å². The van der Waals surface area contributed by atoms with Crippen LogP contribution in [-0.2, 0) is 23.9 Å². The molecule has 2 aromatic rings. The summed E-state index contributed by atoms with van der Waals surface area (Å²) >= 11 is 5.33. The average molecular weight is 993 g/mol. The third kappa shape index (κ3) is 9.76. The van der Waals surface area contributed by atoms with Crippen LogP contribution in [0.2, 0.25) is 0 Å². The Morgan fingerprint density at radius 2 is 1.30 bits per heavy atom. The fourth-order valence-corrected chi connectivity index (χ4v) is 6.49. The molecule has 2 aromatic carbocycles. The van der Waals surface area contributed by atoms with Gasteiger partial charge in [0.2, 0.25) is 5.91 Å². The number of anilines is 1. The summed E-state index contributed by atoms with van der Waals surface area (Å²) in [5.74, 6) is -21.0. The number of hydrogen-bond acceptors (Lipinski definition) is 8. The highest BCUT2D eigenvalue weighted by molar-refractivity contribution is 14.1. The molecule has 11 nitrogen and oxygen atoms in total. The molecule has 0 aliphatic carbocycles. The van der Waals surface area contributed by atoms with Gasteiger partial charge in [-0.3, -0.25) is 4.79 Å². The van der Waals surface area contributed by atoms with Gasteiger partial charge in [-0.1, -0.05) is 20.8 Å². The van der Waals surface area contributed by atoms with Crippen LogP contribution in [0.3, 0.4) is 0 Å². The number of nitrogens with one attached hydrogen (secondary N) is 1. The average Bonchev–Trinajstić information content (AvgIpc) is 2.94. The minimum Gasteiger partial charge on any atom is -0.507 e. The van der Waals surface area contributed by atoms with Crippen molar-refractivity contribution in [2.45, 2.75) is 57.7 Å². The number of phenolic OH excluding ortho intramolecular Hbond substituents is 1. The standard InChI is InChI=1S/C28H26F4I3NO10/c1-11(2)21(27(29,30)25(41)42)45-24(40)16-9-14(34)10-17(35)20(16)36-19(38)7-4-12(3)22(28(31,32)26(43)44)46-23(39)15-8-13(33)5-6-18(15)37/h5-6,8-12,21-22,37H,4,7H2,1-3H3,(H,36,38)(H,41,42)(H,43,44). The van der Waals surface area contributed by atoms with Gasteiger partial charge in [-0.15, -0.1) is 0 Å². The van der Waals surface area contributed by atoms with E-state index >= 15 is 0 Å². The first-order valence-electron chi connectivity index (χ1n) is 13.0.